The Labute approximate surface area is 231 Å². The number of nitrogens with one attached hydrogen (secondary N) is 1. The van der Waals surface area contributed by atoms with Crippen LogP contribution in [0.15, 0.2) is 15.1 Å². The van der Waals surface area contributed by atoms with Crippen LogP contribution < -0.4 is 5.32 Å². The number of hydrogen-bond donors (Lipinski definition) is 1. The second-order valence-electron chi connectivity index (χ2n) is 12.9. The molecule has 38 heavy (non-hydrogen) atoms. The Hall–Kier alpha value is -1.26. The molecule has 0 aromatic heterocycles. The summed E-state index contributed by atoms with van der Waals surface area (Å²) in [4.78, 5) is 9.53. The fourth-order valence-electron chi connectivity index (χ4n) is 7.11. The number of fused-ring (bicyclic) bond motifs is 1. The molecule has 0 aromatic carbocycles. The maximum absolute atomic E-state index is 13.6. The van der Waals surface area contributed by atoms with Crippen molar-refractivity contribution in [3.05, 3.63) is 0 Å². The van der Waals surface area contributed by atoms with E-state index in [9.17, 15) is 8.42 Å². The molecule has 210 valence electrons. The Balaban J connectivity index is 1.17. The van der Waals surface area contributed by atoms with Gasteiger partial charge in [0.05, 0.1) is 13.1 Å². The van der Waals surface area contributed by atoms with Gasteiger partial charge in [0.2, 0.25) is 10.0 Å². The first-order valence-corrected chi connectivity index (χ1v) is 16.5. The van der Waals surface area contributed by atoms with E-state index in [2.05, 4.69) is 36.2 Å². The smallest absolute Gasteiger partial charge is 0.216 e. The van der Waals surface area contributed by atoms with Crippen LogP contribution in [0.5, 0.6) is 0 Å². The zero-order valence-electron chi connectivity index (χ0n) is 23.6. The summed E-state index contributed by atoms with van der Waals surface area (Å²) >= 11 is 0. The van der Waals surface area contributed by atoms with Gasteiger partial charge in [0.15, 0.2) is 0 Å². The molecule has 2 radical (unpaired) electrons. The highest BCUT2D eigenvalue weighted by Crippen LogP contribution is 2.42. The maximum Gasteiger partial charge on any atom is 0.216 e. The van der Waals surface area contributed by atoms with Gasteiger partial charge >= 0.3 is 0 Å². The van der Waals surface area contributed by atoms with Gasteiger partial charge in [-0.1, -0.05) is 27.2 Å². The zero-order chi connectivity index (χ0) is 26.9. The van der Waals surface area contributed by atoms with E-state index >= 15 is 0 Å². The summed E-state index contributed by atoms with van der Waals surface area (Å²) in [5.74, 6) is 1.28. The molecule has 2 fully saturated rings. The van der Waals surface area contributed by atoms with Crippen molar-refractivity contribution in [2.75, 3.05) is 26.2 Å². The summed E-state index contributed by atoms with van der Waals surface area (Å²) in [5, 5.41) is 10.1. The molecule has 1 saturated heterocycles. The van der Waals surface area contributed by atoms with E-state index in [0.29, 0.717) is 36.3 Å². The molecule has 0 amide bonds. The lowest BCUT2D eigenvalue weighted by molar-refractivity contribution is 0.122. The normalized spacial score (nSPS) is 35.3. The Kier molecular flexibility index (Phi) is 8.70. The molecule has 1 aliphatic carbocycles. The van der Waals surface area contributed by atoms with Gasteiger partial charge < -0.3 is 0 Å². The molecule has 4 unspecified atom stereocenters. The minimum absolute atomic E-state index is 0.0764. The molecule has 0 aromatic rings. The molecule has 1 saturated carbocycles. The average molecular weight is 543 g/mol. The van der Waals surface area contributed by atoms with Gasteiger partial charge in [-0.25, -0.2) is 12.7 Å². The van der Waals surface area contributed by atoms with E-state index < -0.39 is 10.0 Å². The summed E-state index contributed by atoms with van der Waals surface area (Å²) in [6.45, 7) is 9.91. The lowest BCUT2D eigenvalue weighted by Crippen LogP contribution is -2.53. The predicted molar refractivity (Wildman–Crippen MR) is 157 cm³/mol. The first-order chi connectivity index (χ1) is 18.2. The molecule has 4 heterocycles. The van der Waals surface area contributed by atoms with E-state index in [0.717, 1.165) is 70.9 Å². The van der Waals surface area contributed by atoms with Crippen LogP contribution >= 0.6 is 0 Å². The first-order valence-electron chi connectivity index (χ1n) is 15.0. The van der Waals surface area contributed by atoms with Crippen LogP contribution in [0.25, 0.3) is 0 Å². The van der Waals surface area contributed by atoms with Crippen LogP contribution in [0.4, 0.5) is 0 Å². The fraction of sp³-hybridized carbons (Fsp3) is 0.893. The SMILES string of the molecule is [B]C1C=NN2C(NCC3CCC=NC3)CC(C3CCN(S(=O)(=O)C4CCC(C(C)(C)CC)CC4)CC3)=NC12. The van der Waals surface area contributed by atoms with Crippen molar-refractivity contribution in [3.8, 4) is 0 Å². The number of hydrogen-bond acceptors (Lipinski definition) is 7. The molecule has 5 aliphatic rings. The predicted octanol–water partition coefficient (Wildman–Crippen LogP) is 3.85. The minimum Gasteiger partial charge on any atom is -0.297 e. The van der Waals surface area contributed by atoms with E-state index in [-0.39, 0.29) is 23.4 Å². The lowest BCUT2D eigenvalue weighted by atomic mass is 9.70. The van der Waals surface area contributed by atoms with Crippen LogP contribution in [-0.2, 0) is 10.0 Å². The van der Waals surface area contributed by atoms with Crippen molar-refractivity contribution >= 4 is 36.0 Å². The van der Waals surface area contributed by atoms with Gasteiger partial charge in [-0.05, 0) is 80.7 Å². The monoisotopic (exact) mass is 542 g/mol. The topological polar surface area (TPSA) is 89.7 Å². The molecule has 4 atom stereocenters. The highest BCUT2D eigenvalue weighted by Gasteiger charge is 2.42. The van der Waals surface area contributed by atoms with Gasteiger partial charge in [0, 0.05) is 50.3 Å². The zero-order valence-corrected chi connectivity index (χ0v) is 24.5. The van der Waals surface area contributed by atoms with Gasteiger partial charge in [-0.15, -0.1) is 0 Å². The lowest BCUT2D eigenvalue weighted by Gasteiger charge is -2.42. The summed E-state index contributed by atoms with van der Waals surface area (Å²) in [6, 6.07) is 0. The Morgan fingerprint density at radius 3 is 2.50 bits per heavy atom. The molecule has 1 N–H and O–H groups in total. The number of nitrogens with zero attached hydrogens (tertiary/aromatic N) is 5. The molecule has 0 bridgehead atoms. The van der Waals surface area contributed by atoms with Crippen LogP contribution in [0.1, 0.15) is 85.0 Å². The summed E-state index contributed by atoms with van der Waals surface area (Å²) in [6.07, 6.45) is 13.3. The standard InChI is InChI=1S/C28H47BN6O2S/c1-4-28(2,3)22-7-9-23(10-8-22)38(36,37)34-14-11-21(12-15-34)25-16-26(31-18-20-6-5-13-30-17-20)35-27(33-25)24(29)19-32-35/h13,19-24,26-27,31H,4-12,14-18H2,1-3H3. The third-order valence-corrected chi connectivity index (χ3v) is 12.6. The Bertz CT molecular complexity index is 1010. The highest BCUT2D eigenvalue weighted by molar-refractivity contribution is 7.89. The second-order valence-corrected chi connectivity index (χ2v) is 15.1. The summed E-state index contributed by atoms with van der Waals surface area (Å²) < 4.78 is 28.9. The van der Waals surface area contributed by atoms with Crippen molar-refractivity contribution in [1.29, 1.82) is 0 Å². The van der Waals surface area contributed by atoms with Crippen molar-refractivity contribution in [2.24, 2.45) is 38.3 Å². The van der Waals surface area contributed by atoms with Crippen molar-refractivity contribution in [3.63, 3.8) is 0 Å². The quantitative estimate of drug-likeness (QED) is 0.472. The van der Waals surface area contributed by atoms with Crippen LogP contribution in [0.3, 0.4) is 0 Å². The third-order valence-electron chi connectivity index (χ3n) is 10.2. The number of piperidine rings is 1. The highest BCUT2D eigenvalue weighted by atomic mass is 32.2. The molecule has 8 nitrogen and oxygen atoms in total. The van der Waals surface area contributed by atoms with Gasteiger partial charge in [-0.3, -0.25) is 20.3 Å². The molecule has 0 spiro atoms. The van der Waals surface area contributed by atoms with E-state index in [1.54, 1.807) is 4.31 Å². The van der Waals surface area contributed by atoms with E-state index in [1.165, 1.54) is 12.1 Å². The van der Waals surface area contributed by atoms with Crippen molar-refractivity contribution in [2.45, 2.75) is 108 Å². The number of sulfonamides is 1. The number of aliphatic imine (C=N–C) groups is 2. The molecular weight excluding hydrogens is 495 g/mol. The van der Waals surface area contributed by atoms with Crippen LogP contribution in [0, 0.1) is 23.2 Å². The molecule has 10 heteroatoms. The van der Waals surface area contributed by atoms with Crippen molar-refractivity contribution in [1.82, 2.24) is 14.6 Å². The maximum atomic E-state index is 13.6. The minimum atomic E-state index is -3.25. The second kappa shape index (κ2) is 11.7. The average Bonchev–Trinajstić information content (AvgIpc) is 3.33. The van der Waals surface area contributed by atoms with Gasteiger partial charge in [0.25, 0.3) is 0 Å². The molecule has 5 rings (SSSR count). The third kappa shape index (κ3) is 5.92. The van der Waals surface area contributed by atoms with Gasteiger partial charge in [0.1, 0.15) is 12.3 Å². The number of rotatable bonds is 8. The van der Waals surface area contributed by atoms with Crippen LogP contribution in [0.2, 0.25) is 5.82 Å². The van der Waals surface area contributed by atoms with E-state index in [4.69, 9.17) is 12.8 Å². The molecule has 4 aliphatic heterocycles. The van der Waals surface area contributed by atoms with Crippen LogP contribution in [-0.4, -0.2) is 87.5 Å². The first kappa shape index (κ1) is 28.3. The Morgan fingerprint density at radius 1 is 1.11 bits per heavy atom. The van der Waals surface area contributed by atoms with E-state index in [1.807, 2.05) is 17.4 Å². The van der Waals surface area contributed by atoms with Gasteiger partial charge in [-0.2, -0.15) is 5.10 Å². The Morgan fingerprint density at radius 2 is 1.84 bits per heavy atom. The largest absolute Gasteiger partial charge is 0.297 e. The summed E-state index contributed by atoms with van der Waals surface area (Å²) in [5.41, 5.74) is 1.48. The molecular formula is C28H47BN6O2S. The fourth-order valence-corrected chi connectivity index (χ4v) is 9.12. The number of hydrazone groups is 1. The summed E-state index contributed by atoms with van der Waals surface area (Å²) in [7, 11) is 3.11. The van der Waals surface area contributed by atoms with Crippen molar-refractivity contribution < 1.29 is 8.42 Å².